The third kappa shape index (κ3) is 2.10. The molecule has 0 saturated carbocycles. The van der Waals surface area contributed by atoms with Crippen molar-refractivity contribution in [2.24, 2.45) is 4.99 Å². The Morgan fingerprint density at radius 2 is 2.23 bits per heavy atom. The molecular formula is C10H12BrNO. The van der Waals surface area contributed by atoms with Crippen LogP contribution in [0.4, 0.5) is 0 Å². The highest BCUT2D eigenvalue weighted by Crippen LogP contribution is 2.20. The van der Waals surface area contributed by atoms with Crippen LogP contribution >= 0.6 is 17.0 Å². The summed E-state index contributed by atoms with van der Waals surface area (Å²) in [4.78, 5) is 4.29. The molecule has 0 spiro atoms. The number of fused-ring (bicyclic) bond motifs is 1. The first-order chi connectivity index (χ1) is 5.75. The van der Waals surface area contributed by atoms with E-state index in [0.717, 1.165) is 12.0 Å². The fourth-order valence-electron chi connectivity index (χ4n) is 1.47. The van der Waals surface area contributed by atoms with Crippen LogP contribution < -0.4 is 0 Å². The van der Waals surface area contributed by atoms with Crippen molar-refractivity contribution in [2.45, 2.75) is 19.4 Å². The summed E-state index contributed by atoms with van der Waals surface area (Å²) in [5.74, 6) is 0.344. The monoisotopic (exact) mass is 241 g/mol. The van der Waals surface area contributed by atoms with Crippen LogP contribution in [0.25, 0.3) is 0 Å². The van der Waals surface area contributed by atoms with E-state index in [1.807, 2.05) is 18.3 Å². The quantitative estimate of drug-likeness (QED) is 0.744. The van der Waals surface area contributed by atoms with E-state index in [9.17, 15) is 5.11 Å². The number of hydrogen-bond donors (Lipinski definition) is 1. The van der Waals surface area contributed by atoms with Gasteiger partial charge in [-0.2, -0.15) is 0 Å². The highest BCUT2D eigenvalue weighted by atomic mass is 79.9. The lowest BCUT2D eigenvalue weighted by Crippen LogP contribution is -2.10. The van der Waals surface area contributed by atoms with Crippen molar-refractivity contribution in [3.05, 3.63) is 29.3 Å². The predicted molar refractivity (Wildman–Crippen MR) is 59.2 cm³/mol. The lowest BCUT2D eigenvalue weighted by atomic mass is 9.99. The number of benzene rings is 1. The lowest BCUT2D eigenvalue weighted by Gasteiger charge is -2.14. The Kier molecular flexibility index (Phi) is 3.09. The van der Waals surface area contributed by atoms with Crippen molar-refractivity contribution in [3.8, 4) is 5.75 Å². The minimum Gasteiger partial charge on any atom is -0.508 e. The summed E-state index contributed by atoms with van der Waals surface area (Å²) in [6, 6.07) is 5.76. The summed E-state index contributed by atoms with van der Waals surface area (Å²) in [7, 11) is 0. The van der Waals surface area contributed by atoms with Crippen LogP contribution in [0.3, 0.4) is 0 Å². The van der Waals surface area contributed by atoms with Gasteiger partial charge in [0, 0.05) is 6.21 Å². The fraction of sp³-hybridized carbons (Fsp3) is 0.300. The summed E-state index contributed by atoms with van der Waals surface area (Å²) >= 11 is 0. The van der Waals surface area contributed by atoms with Crippen molar-refractivity contribution < 1.29 is 5.11 Å². The van der Waals surface area contributed by atoms with Crippen molar-refractivity contribution in [3.63, 3.8) is 0 Å². The molecule has 1 heterocycles. The van der Waals surface area contributed by atoms with Crippen molar-refractivity contribution >= 4 is 23.2 Å². The minimum absolute atomic E-state index is 0. The zero-order valence-corrected chi connectivity index (χ0v) is 9.11. The van der Waals surface area contributed by atoms with E-state index in [4.69, 9.17) is 0 Å². The van der Waals surface area contributed by atoms with Gasteiger partial charge >= 0.3 is 0 Å². The largest absolute Gasteiger partial charge is 0.508 e. The molecule has 70 valence electrons. The Bertz CT molecular complexity index is 336. The highest BCUT2D eigenvalue weighted by molar-refractivity contribution is 8.93. The van der Waals surface area contributed by atoms with Crippen LogP contribution in [0, 0.1) is 0 Å². The molecule has 0 fully saturated rings. The molecule has 1 aliphatic rings. The zero-order valence-electron chi connectivity index (χ0n) is 7.40. The molecule has 2 nitrogen and oxygen atoms in total. The molecule has 0 saturated heterocycles. The van der Waals surface area contributed by atoms with Crippen molar-refractivity contribution in [2.75, 3.05) is 0 Å². The van der Waals surface area contributed by atoms with E-state index >= 15 is 0 Å². The highest BCUT2D eigenvalue weighted by Gasteiger charge is 2.10. The molecular weight excluding hydrogens is 230 g/mol. The second-order valence-electron chi connectivity index (χ2n) is 3.21. The van der Waals surface area contributed by atoms with E-state index in [1.54, 1.807) is 6.07 Å². The van der Waals surface area contributed by atoms with Crippen LogP contribution in [0.2, 0.25) is 0 Å². The summed E-state index contributed by atoms with van der Waals surface area (Å²) in [5, 5.41) is 9.23. The standard InChI is InChI=1S/C10H11NO.BrH/c1-7-4-9-5-10(12)3-2-8(9)6-11-7;/h2-3,5-7,12H,4H2,1H3;1H. The molecule has 0 bridgehead atoms. The second kappa shape index (κ2) is 3.92. The lowest BCUT2D eigenvalue weighted by molar-refractivity contribution is 0.474. The molecule has 0 aromatic heterocycles. The molecule has 1 unspecified atom stereocenters. The Labute approximate surface area is 88.1 Å². The normalized spacial score (nSPS) is 19.0. The molecule has 1 aliphatic heterocycles. The van der Waals surface area contributed by atoms with Crippen LogP contribution in [-0.4, -0.2) is 17.4 Å². The summed E-state index contributed by atoms with van der Waals surface area (Å²) in [6.07, 6.45) is 2.81. The maximum atomic E-state index is 9.23. The van der Waals surface area contributed by atoms with Gasteiger partial charge < -0.3 is 5.11 Å². The first-order valence-corrected chi connectivity index (χ1v) is 4.11. The Morgan fingerprint density at radius 3 is 3.00 bits per heavy atom. The van der Waals surface area contributed by atoms with E-state index in [2.05, 4.69) is 11.9 Å². The summed E-state index contributed by atoms with van der Waals surface area (Å²) in [6.45, 7) is 2.07. The average molecular weight is 242 g/mol. The number of aromatic hydroxyl groups is 1. The van der Waals surface area contributed by atoms with Crippen molar-refractivity contribution in [1.29, 1.82) is 0 Å². The average Bonchev–Trinajstić information content (AvgIpc) is 2.03. The minimum atomic E-state index is 0. The molecule has 3 heteroatoms. The number of phenols is 1. The fourth-order valence-corrected chi connectivity index (χ4v) is 1.47. The van der Waals surface area contributed by atoms with Crippen molar-refractivity contribution in [1.82, 2.24) is 0 Å². The second-order valence-corrected chi connectivity index (χ2v) is 3.21. The Morgan fingerprint density at radius 1 is 1.46 bits per heavy atom. The third-order valence-electron chi connectivity index (χ3n) is 2.11. The first-order valence-electron chi connectivity index (χ1n) is 4.11. The smallest absolute Gasteiger partial charge is 0.115 e. The van der Waals surface area contributed by atoms with Gasteiger partial charge in [0.05, 0.1) is 6.04 Å². The molecule has 1 atom stereocenters. The van der Waals surface area contributed by atoms with Crippen LogP contribution in [0.15, 0.2) is 23.2 Å². The maximum Gasteiger partial charge on any atom is 0.115 e. The predicted octanol–water partition coefficient (Wildman–Crippen LogP) is 2.33. The molecule has 1 aromatic carbocycles. The number of hydrogen-bond acceptors (Lipinski definition) is 2. The van der Waals surface area contributed by atoms with Gasteiger partial charge in [-0.3, -0.25) is 4.99 Å². The van der Waals surface area contributed by atoms with Gasteiger partial charge in [-0.05, 0) is 42.7 Å². The summed E-state index contributed by atoms with van der Waals surface area (Å²) < 4.78 is 0. The molecule has 1 aromatic rings. The van der Waals surface area contributed by atoms with Gasteiger partial charge in [-0.1, -0.05) is 0 Å². The number of phenolic OH excluding ortho intramolecular Hbond substituents is 1. The summed E-state index contributed by atoms with van der Waals surface area (Å²) in [5.41, 5.74) is 2.32. The van der Waals surface area contributed by atoms with Gasteiger partial charge in [0.15, 0.2) is 0 Å². The molecule has 1 N–H and O–H groups in total. The Balaban J connectivity index is 0.000000845. The van der Waals surface area contributed by atoms with E-state index in [1.165, 1.54) is 5.56 Å². The number of aliphatic imine (C=N–C) groups is 1. The van der Waals surface area contributed by atoms with Crippen LogP contribution in [0.1, 0.15) is 18.1 Å². The maximum absolute atomic E-state index is 9.23. The number of halogens is 1. The van der Waals surface area contributed by atoms with Crippen LogP contribution in [-0.2, 0) is 6.42 Å². The zero-order chi connectivity index (χ0) is 8.55. The van der Waals surface area contributed by atoms with Gasteiger partial charge in [-0.25, -0.2) is 0 Å². The van der Waals surface area contributed by atoms with E-state index in [-0.39, 0.29) is 17.0 Å². The SMILES string of the molecule is Br.CC1Cc2cc(O)ccc2C=N1. The van der Waals surface area contributed by atoms with Crippen LogP contribution in [0.5, 0.6) is 5.75 Å². The molecule has 0 aliphatic carbocycles. The number of nitrogens with zero attached hydrogens (tertiary/aromatic N) is 1. The molecule has 0 amide bonds. The van der Waals surface area contributed by atoms with Gasteiger partial charge in [-0.15, -0.1) is 17.0 Å². The third-order valence-corrected chi connectivity index (χ3v) is 2.11. The van der Waals surface area contributed by atoms with E-state index in [0.29, 0.717) is 11.8 Å². The number of rotatable bonds is 0. The molecule has 13 heavy (non-hydrogen) atoms. The van der Waals surface area contributed by atoms with Gasteiger partial charge in [0.2, 0.25) is 0 Å². The molecule has 0 radical (unpaired) electrons. The van der Waals surface area contributed by atoms with Gasteiger partial charge in [0.1, 0.15) is 5.75 Å². The van der Waals surface area contributed by atoms with Gasteiger partial charge in [0.25, 0.3) is 0 Å². The van der Waals surface area contributed by atoms with E-state index < -0.39 is 0 Å². The molecule has 2 rings (SSSR count). The Hall–Kier alpha value is -0.830. The first kappa shape index (κ1) is 10.3. The topological polar surface area (TPSA) is 32.6 Å².